The predicted octanol–water partition coefficient (Wildman–Crippen LogP) is 5.65. The van der Waals surface area contributed by atoms with Gasteiger partial charge in [-0.25, -0.2) is 0 Å². The zero-order valence-electron chi connectivity index (χ0n) is 15.5. The van der Waals surface area contributed by atoms with Crippen LogP contribution in [0.5, 0.6) is 0 Å². The number of carbonyl (C=O) groups is 2. The molecule has 0 N–H and O–H groups in total. The van der Waals surface area contributed by atoms with Gasteiger partial charge in [0.15, 0.2) is 5.78 Å². The summed E-state index contributed by atoms with van der Waals surface area (Å²) in [5.41, 5.74) is 3.05. The maximum atomic E-state index is 13.1. The van der Waals surface area contributed by atoms with Crippen LogP contribution in [0.15, 0.2) is 48.5 Å². The molecule has 0 aromatic heterocycles. The van der Waals surface area contributed by atoms with Gasteiger partial charge in [0.05, 0.1) is 13.0 Å². The molecule has 1 heterocycles. The van der Waals surface area contributed by atoms with Crippen LogP contribution in [0.4, 0.5) is 0 Å². The number of hydrogen-bond acceptors (Lipinski definition) is 4. The lowest BCUT2D eigenvalue weighted by atomic mass is 9.88. The van der Waals surface area contributed by atoms with E-state index in [1.165, 1.54) is 11.1 Å². The van der Waals surface area contributed by atoms with Gasteiger partial charge in [-0.05, 0) is 50.1 Å². The summed E-state index contributed by atoms with van der Waals surface area (Å²) < 4.78 is 5.13. The van der Waals surface area contributed by atoms with Gasteiger partial charge >= 0.3 is 5.97 Å². The molecule has 0 spiro atoms. The third kappa shape index (κ3) is 4.94. The molecule has 0 unspecified atom stereocenters. The summed E-state index contributed by atoms with van der Waals surface area (Å²) in [5, 5.41) is 0.720. The van der Waals surface area contributed by atoms with Gasteiger partial charge in [0.1, 0.15) is 0 Å². The number of benzene rings is 2. The Bertz CT molecular complexity index is 801. The Morgan fingerprint density at radius 1 is 1.11 bits per heavy atom. The van der Waals surface area contributed by atoms with Crippen molar-refractivity contribution in [2.24, 2.45) is 5.92 Å². The number of thioether (sulfide) groups is 1. The summed E-state index contributed by atoms with van der Waals surface area (Å²) in [6, 6.07) is 15.4. The Balaban J connectivity index is 1.82. The average Bonchev–Trinajstić information content (AvgIpc) is 3.06. The smallest absolute Gasteiger partial charge is 0.306 e. The molecule has 27 heavy (non-hydrogen) atoms. The molecule has 3 nitrogen and oxygen atoms in total. The highest BCUT2D eigenvalue weighted by Gasteiger charge is 2.41. The maximum absolute atomic E-state index is 13.1. The molecule has 0 saturated carbocycles. The number of esters is 1. The lowest BCUT2D eigenvalue weighted by Gasteiger charge is -2.16. The van der Waals surface area contributed by atoms with Gasteiger partial charge in [-0.3, -0.25) is 9.59 Å². The molecule has 0 bridgehead atoms. The first kappa shape index (κ1) is 20.0. The molecule has 2 aromatic carbocycles. The second-order valence-electron chi connectivity index (χ2n) is 6.80. The summed E-state index contributed by atoms with van der Waals surface area (Å²) in [6.07, 6.45) is 0.976. The van der Waals surface area contributed by atoms with Gasteiger partial charge in [-0.2, -0.15) is 0 Å². The van der Waals surface area contributed by atoms with Gasteiger partial charge in [0.25, 0.3) is 0 Å². The average molecular weight is 403 g/mol. The molecule has 1 saturated heterocycles. The van der Waals surface area contributed by atoms with E-state index >= 15 is 0 Å². The van der Waals surface area contributed by atoms with E-state index in [-0.39, 0.29) is 34.6 Å². The first-order chi connectivity index (χ1) is 13.0. The topological polar surface area (TPSA) is 43.4 Å². The van der Waals surface area contributed by atoms with Gasteiger partial charge in [0, 0.05) is 27.0 Å². The van der Waals surface area contributed by atoms with Crippen LogP contribution in [0.25, 0.3) is 0 Å². The highest BCUT2D eigenvalue weighted by Crippen LogP contribution is 2.50. The van der Waals surface area contributed by atoms with E-state index in [0.29, 0.717) is 17.2 Å². The number of hydrogen-bond donors (Lipinski definition) is 0. The number of rotatable bonds is 6. The van der Waals surface area contributed by atoms with Gasteiger partial charge < -0.3 is 4.74 Å². The van der Waals surface area contributed by atoms with E-state index in [1.807, 2.05) is 0 Å². The van der Waals surface area contributed by atoms with Crippen molar-refractivity contribution < 1.29 is 14.3 Å². The fourth-order valence-electron chi connectivity index (χ4n) is 3.42. The summed E-state index contributed by atoms with van der Waals surface area (Å²) in [6.45, 7) is 4.21. The van der Waals surface area contributed by atoms with Crippen molar-refractivity contribution in [1.29, 1.82) is 0 Å². The summed E-state index contributed by atoms with van der Waals surface area (Å²) in [4.78, 5) is 25.2. The molecule has 0 amide bonds. The van der Waals surface area contributed by atoms with Crippen molar-refractivity contribution in [3.8, 4) is 0 Å². The molecule has 1 aliphatic rings. The van der Waals surface area contributed by atoms with Crippen LogP contribution in [-0.4, -0.2) is 23.6 Å². The number of carbonyl (C=O) groups excluding carboxylic acids is 2. The van der Waals surface area contributed by atoms with Crippen LogP contribution in [0.2, 0.25) is 5.02 Å². The van der Waals surface area contributed by atoms with Crippen molar-refractivity contribution in [3.05, 3.63) is 70.2 Å². The molecule has 1 aliphatic heterocycles. The Morgan fingerprint density at radius 3 is 2.41 bits per heavy atom. The Hall–Kier alpha value is -1.78. The van der Waals surface area contributed by atoms with E-state index in [0.717, 1.165) is 6.42 Å². The lowest BCUT2D eigenvalue weighted by Crippen LogP contribution is -2.25. The highest BCUT2D eigenvalue weighted by molar-refractivity contribution is 8.00. The Labute approximate surface area is 169 Å². The first-order valence-corrected chi connectivity index (χ1v) is 10.5. The number of halogens is 1. The SMILES string of the molecule is CCOC(=O)C[C@@H]1S[C@H](c2ccc(C)cc2)C[C@H]1C(=O)c1ccc(Cl)cc1. The van der Waals surface area contributed by atoms with Crippen LogP contribution in [0, 0.1) is 12.8 Å². The quantitative estimate of drug-likeness (QED) is 0.462. The third-order valence-electron chi connectivity index (χ3n) is 4.84. The Kier molecular flexibility index (Phi) is 6.61. The molecule has 142 valence electrons. The summed E-state index contributed by atoms with van der Waals surface area (Å²) >= 11 is 7.66. The van der Waals surface area contributed by atoms with E-state index in [9.17, 15) is 9.59 Å². The van der Waals surface area contributed by atoms with Crippen LogP contribution in [0.1, 0.15) is 46.5 Å². The van der Waals surface area contributed by atoms with Crippen LogP contribution >= 0.6 is 23.4 Å². The zero-order valence-corrected chi connectivity index (χ0v) is 17.1. The fraction of sp³-hybridized carbons (Fsp3) is 0.364. The molecule has 0 aliphatic carbocycles. The van der Waals surface area contributed by atoms with Crippen LogP contribution < -0.4 is 0 Å². The normalized spacial score (nSPS) is 21.8. The molecule has 3 atom stereocenters. The second kappa shape index (κ2) is 8.94. The van der Waals surface area contributed by atoms with Crippen molar-refractivity contribution >= 4 is 35.1 Å². The third-order valence-corrected chi connectivity index (χ3v) is 6.73. The largest absolute Gasteiger partial charge is 0.466 e. The van der Waals surface area contributed by atoms with Crippen molar-refractivity contribution in [2.75, 3.05) is 6.61 Å². The van der Waals surface area contributed by atoms with Crippen LogP contribution in [-0.2, 0) is 9.53 Å². The van der Waals surface area contributed by atoms with Gasteiger partial charge in [0.2, 0.25) is 0 Å². The molecule has 2 aromatic rings. The minimum atomic E-state index is -0.242. The van der Waals surface area contributed by atoms with E-state index in [4.69, 9.17) is 16.3 Å². The maximum Gasteiger partial charge on any atom is 0.306 e. The standard InChI is InChI=1S/C22H23ClO3S/c1-3-26-21(24)13-20-18(22(25)16-8-10-17(23)11-9-16)12-19(27-20)15-6-4-14(2)5-7-15/h4-11,18-20H,3,12-13H2,1-2H3/t18-,19+,20+/m1/s1. The predicted molar refractivity (Wildman–Crippen MR) is 110 cm³/mol. The number of Topliss-reactive ketones (excluding diaryl/α,β-unsaturated/α-hetero) is 1. The van der Waals surface area contributed by atoms with Crippen LogP contribution in [0.3, 0.4) is 0 Å². The number of aryl methyl sites for hydroxylation is 1. The fourth-order valence-corrected chi connectivity index (χ4v) is 5.26. The summed E-state index contributed by atoms with van der Waals surface area (Å²) in [5.74, 6) is -0.386. The highest BCUT2D eigenvalue weighted by atomic mass is 35.5. The van der Waals surface area contributed by atoms with Gasteiger partial charge in [-0.15, -0.1) is 11.8 Å². The van der Waals surface area contributed by atoms with Crippen molar-refractivity contribution in [2.45, 2.75) is 37.2 Å². The number of ketones is 1. The minimum absolute atomic E-state index is 0.0723. The lowest BCUT2D eigenvalue weighted by molar-refractivity contribution is -0.143. The van der Waals surface area contributed by atoms with E-state index in [1.54, 1.807) is 43.0 Å². The zero-order chi connectivity index (χ0) is 19.4. The van der Waals surface area contributed by atoms with E-state index < -0.39 is 0 Å². The Morgan fingerprint density at radius 2 is 1.78 bits per heavy atom. The first-order valence-electron chi connectivity index (χ1n) is 9.15. The van der Waals surface area contributed by atoms with Gasteiger partial charge in [-0.1, -0.05) is 41.4 Å². The monoisotopic (exact) mass is 402 g/mol. The number of ether oxygens (including phenoxy) is 1. The molecule has 0 radical (unpaired) electrons. The van der Waals surface area contributed by atoms with Crippen molar-refractivity contribution in [3.63, 3.8) is 0 Å². The molecule has 5 heteroatoms. The molecule has 3 rings (SSSR count). The molecular weight excluding hydrogens is 380 g/mol. The second-order valence-corrected chi connectivity index (χ2v) is 8.68. The molecular formula is C22H23ClO3S. The van der Waals surface area contributed by atoms with E-state index in [2.05, 4.69) is 31.2 Å². The van der Waals surface area contributed by atoms with Crippen molar-refractivity contribution in [1.82, 2.24) is 0 Å². The summed E-state index contributed by atoms with van der Waals surface area (Å²) in [7, 11) is 0. The minimum Gasteiger partial charge on any atom is -0.466 e. The molecule has 1 fully saturated rings.